The Morgan fingerprint density at radius 1 is 0.413 bits per heavy atom. The van der Waals surface area contributed by atoms with Gasteiger partial charge in [0.25, 0.3) is 0 Å². The molecule has 6 fully saturated rings. The van der Waals surface area contributed by atoms with Crippen molar-refractivity contribution in [3.05, 3.63) is 77.9 Å². The second kappa shape index (κ2) is 40.0. The van der Waals surface area contributed by atoms with Crippen molar-refractivity contribution < 1.29 is 77.2 Å². The number of carbonyl (C=O) groups is 2. The normalized spacial score (nSPS) is 26.7. The van der Waals surface area contributed by atoms with E-state index in [2.05, 4.69) is 35.0 Å². The smallest absolute Gasteiger partial charge is 0.429 e. The van der Waals surface area contributed by atoms with Gasteiger partial charge in [0.05, 0.1) is 11.8 Å². The summed E-state index contributed by atoms with van der Waals surface area (Å²) < 4.78 is 148. The number of carbonyl (C=O) groups excluding carboxylic acids is 2. The third-order valence-corrected chi connectivity index (χ3v) is 21.0. The molecule has 0 heterocycles. The third-order valence-electron chi connectivity index (χ3n) is 21.0. The van der Waals surface area contributed by atoms with E-state index in [1.165, 1.54) is 178 Å². The summed E-state index contributed by atoms with van der Waals surface area (Å²) >= 11 is 0. The van der Waals surface area contributed by atoms with Gasteiger partial charge in [-0.15, -0.1) is 26.3 Å². The van der Waals surface area contributed by atoms with Gasteiger partial charge in [-0.25, -0.2) is 8.78 Å². The molecule has 92 heavy (non-hydrogen) atoms. The van der Waals surface area contributed by atoms with Crippen LogP contribution in [0.4, 0.5) is 43.9 Å². The van der Waals surface area contributed by atoms with Crippen LogP contribution < -0.4 is 23.7 Å². The van der Waals surface area contributed by atoms with Crippen LogP contribution in [0.2, 0.25) is 0 Å². The first-order valence-electron chi connectivity index (χ1n) is 34.2. The van der Waals surface area contributed by atoms with Gasteiger partial charge in [0, 0.05) is 0 Å². The van der Waals surface area contributed by atoms with E-state index in [4.69, 9.17) is 9.47 Å². The SMILES string of the molecule is C.C.C.CCCC1CCC(C2CCC(C(=O)Oc3ccc(OC(F)(F)F)cc3)CC2)CC1.CCCCCC1CCC(C2CCC(C(=O)Oc3ccc(OC(F)(F)F)cc3)CC2)CC1.CCCCCC1CCC(C2CCC(c3cc(F)c(OC(F)F)c(F)c3)CC2)CC1. The van der Waals surface area contributed by atoms with Gasteiger partial charge in [0.2, 0.25) is 0 Å². The van der Waals surface area contributed by atoms with Crippen LogP contribution in [0.3, 0.4) is 0 Å². The Balaban J connectivity index is 0.000000290. The van der Waals surface area contributed by atoms with Gasteiger partial charge in [-0.3, -0.25) is 9.59 Å². The minimum atomic E-state index is -4.73. The van der Waals surface area contributed by atoms with E-state index in [0.717, 1.165) is 155 Å². The van der Waals surface area contributed by atoms with Crippen LogP contribution in [0.1, 0.15) is 273 Å². The molecule has 6 saturated carbocycles. The lowest BCUT2D eigenvalue weighted by Gasteiger charge is -2.38. The summed E-state index contributed by atoms with van der Waals surface area (Å²) in [7, 11) is 0. The second-order valence-corrected chi connectivity index (χ2v) is 27.0. The van der Waals surface area contributed by atoms with Crippen molar-refractivity contribution in [2.45, 2.75) is 287 Å². The van der Waals surface area contributed by atoms with Crippen LogP contribution in [0.15, 0.2) is 60.7 Å². The minimum absolute atomic E-state index is 0. The lowest BCUT2D eigenvalue weighted by atomic mass is 9.68. The molecule has 0 amide bonds. The number of rotatable bonds is 22. The lowest BCUT2D eigenvalue weighted by molar-refractivity contribution is -0.275. The molecule has 0 unspecified atom stereocenters. The molecule has 0 bridgehead atoms. The molecule has 6 aliphatic rings. The fraction of sp³-hybridized carbons (Fsp3) is 0.733. The van der Waals surface area contributed by atoms with Crippen molar-refractivity contribution >= 4 is 11.9 Å². The maximum atomic E-state index is 14.0. The topological polar surface area (TPSA) is 80.3 Å². The van der Waals surface area contributed by atoms with E-state index in [1.54, 1.807) is 0 Å². The van der Waals surface area contributed by atoms with E-state index in [1.807, 2.05) is 0 Å². The predicted octanol–water partition coefficient (Wildman–Crippen LogP) is 24.7. The summed E-state index contributed by atoms with van der Waals surface area (Å²) in [6.45, 7) is 3.53. The molecule has 524 valence electrons. The van der Waals surface area contributed by atoms with Crippen LogP contribution in [-0.4, -0.2) is 31.3 Å². The summed E-state index contributed by atoms with van der Waals surface area (Å²) in [5, 5.41) is 0. The molecule has 7 nitrogen and oxygen atoms in total. The first-order chi connectivity index (χ1) is 42.6. The minimum Gasteiger partial charge on any atom is -0.429 e. The van der Waals surface area contributed by atoms with Gasteiger partial charge in [-0.1, -0.05) is 146 Å². The lowest BCUT2D eigenvalue weighted by Crippen LogP contribution is -2.30. The van der Waals surface area contributed by atoms with E-state index in [-0.39, 0.29) is 75.0 Å². The van der Waals surface area contributed by atoms with E-state index >= 15 is 0 Å². The fourth-order valence-corrected chi connectivity index (χ4v) is 16.0. The number of ether oxygens (including phenoxy) is 5. The largest absolute Gasteiger partial charge is 0.573 e. The first-order valence-corrected chi connectivity index (χ1v) is 34.2. The maximum absolute atomic E-state index is 14.0. The molecule has 0 saturated heterocycles. The van der Waals surface area contributed by atoms with Gasteiger partial charge in [0.1, 0.15) is 23.0 Å². The van der Waals surface area contributed by atoms with Gasteiger partial charge in [-0.2, -0.15) is 8.78 Å². The van der Waals surface area contributed by atoms with Crippen LogP contribution >= 0.6 is 0 Å². The van der Waals surface area contributed by atoms with Crippen molar-refractivity contribution in [2.75, 3.05) is 0 Å². The average molecular weight is 1320 g/mol. The highest BCUT2D eigenvalue weighted by Gasteiger charge is 2.38. The highest BCUT2D eigenvalue weighted by atomic mass is 19.4. The van der Waals surface area contributed by atoms with Gasteiger partial charge in [0.15, 0.2) is 17.4 Å². The van der Waals surface area contributed by atoms with Gasteiger partial charge >= 0.3 is 31.3 Å². The average Bonchev–Trinajstić information content (AvgIpc) is 1.09. The van der Waals surface area contributed by atoms with Crippen LogP contribution in [0.5, 0.6) is 28.7 Å². The molecule has 0 spiro atoms. The molecular formula is C75H112F10O7. The summed E-state index contributed by atoms with van der Waals surface area (Å²) in [6.07, 6.45) is 31.8. The number of benzene rings is 3. The number of halogens is 10. The molecule has 3 aromatic rings. The zero-order valence-electron chi connectivity index (χ0n) is 53.0. The molecule has 0 radical (unpaired) electrons. The summed E-state index contributed by atoms with van der Waals surface area (Å²) in [5.41, 5.74) is 0.569. The zero-order chi connectivity index (χ0) is 63.9. The number of alkyl halides is 8. The zero-order valence-corrected chi connectivity index (χ0v) is 53.0. The van der Waals surface area contributed by atoms with Crippen molar-refractivity contribution in [1.29, 1.82) is 0 Å². The molecule has 3 aromatic carbocycles. The summed E-state index contributed by atoms with van der Waals surface area (Å²) in [6, 6.07) is 12.3. The van der Waals surface area contributed by atoms with E-state index in [9.17, 15) is 53.5 Å². The molecule has 6 aliphatic carbocycles. The van der Waals surface area contributed by atoms with Crippen LogP contribution in [0, 0.1) is 76.7 Å². The number of esters is 2. The summed E-state index contributed by atoms with van der Waals surface area (Å²) in [5.74, 6) is 3.43. The Morgan fingerprint density at radius 3 is 1.00 bits per heavy atom. The van der Waals surface area contributed by atoms with Crippen LogP contribution in [0.25, 0.3) is 0 Å². The first kappa shape index (κ1) is 79.7. The number of hydrogen-bond donors (Lipinski definition) is 0. The predicted molar refractivity (Wildman–Crippen MR) is 346 cm³/mol. The molecule has 0 N–H and O–H groups in total. The standard InChI is InChI=1S/C25H35F3O3.C24H34F4O.C23H31F3O3.3CH4/c1-2-3-4-5-18-6-8-19(9-7-18)20-10-12-21(13-11-20)24(29)30-22-14-16-23(17-15-22)31-25(26,27)28;1-2-3-4-5-16-6-8-17(9-7-16)18-10-12-19(13-11-18)20-14-21(25)23(22(26)15-20)29-24(27)28;1-2-3-16-4-6-17(7-5-16)18-8-10-19(11-9-18)22(27)28-20-12-14-21(15-13-20)29-23(24,25)26;;;/h14-21H,2-13H2,1H3;14-19,24H,2-13H2,1H3;12-19H,2-11H2,1H3;3*1H4. The highest BCUT2D eigenvalue weighted by molar-refractivity contribution is 5.75. The maximum Gasteiger partial charge on any atom is 0.573 e. The Labute approximate surface area is 545 Å². The van der Waals surface area contributed by atoms with E-state index in [0.29, 0.717) is 5.56 Å². The molecule has 0 aromatic heterocycles. The molecular weight excluding hydrogens is 1200 g/mol. The number of hydrogen-bond acceptors (Lipinski definition) is 7. The van der Waals surface area contributed by atoms with Gasteiger partial charge in [-0.05, 0) is 241 Å². The molecule has 17 heteroatoms. The highest BCUT2D eigenvalue weighted by Crippen LogP contribution is 2.47. The Kier molecular flexibility index (Phi) is 34.7. The van der Waals surface area contributed by atoms with Crippen molar-refractivity contribution in [3.63, 3.8) is 0 Å². The quantitative estimate of drug-likeness (QED) is 0.0429. The van der Waals surface area contributed by atoms with Crippen LogP contribution in [-0.2, 0) is 9.59 Å². The monoisotopic (exact) mass is 1310 g/mol. The van der Waals surface area contributed by atoms with E-state index < -0.39 is 36.7 Å². The molecule has 9 rings (SSSR count). The molecule has 0 aliphatic heterocycles. The third kappa shape index (κ3) is 26.8. The fourth-order valence-electron chi connectivity index (χ4n) is 16.0. The number of unbranched alkanes of at least 4 members (excludes halogenated alkanes) is 4. The summed E-state index contributed by atoms with van der Waals surface area (Å²) in [4.78, 5) is 24.9. The van der Waals surface area contributed by atoms with Crippen molar-refractivity contribution in [3.8, 4) is 28.7 Å². The van der Waals surface area contributed by atoms with Crippen molar-refractivity contribution in [1.82, 2.24) is 0 Å². The molecule has 0 atom stereocenters. The second-order valence-electron chi connectivity index (χ2n) is 27.0. The Morgan fingerprint density at radius 2 is 0.707 bits per heavy atom. The van der Waals surface area contributed by atoms with Crippen molar-refractivity contribution in [2.24, 2.45) is 65.1 Å². The Hall–Kier alpha value is -4.70. The Bertz CT molecular complexity index is 2470. The van der Waals surface area contributed by atoms with Gasteiger partial charge < -0.3 is 23.7 Å².